The van der Waals surface area contributed by atoms with Crippen LogP contribution in [-0.4, -0.2) is 24.7 Å². The summed E-state index contributed by atoms with van der Waals surface area (Å²) in [6.07, 6.45) is 0. The molecule has 14 heteroatoms. The second kappa shape index (κ2) is 15.3. The van der Waals surface area contributed by atoms with E-state index in [0.29, 0.717) is 17.1 Å². The number of hydrogen-bond acceptors (Lipinski definition) is 8. The van der Waals surface area contributed by atoms with Gasteiger partial charge in [0.25, 0.3) is 20.1 Å². The lowest BCUT2D eigenvalue weighted by atomic mass is 9.30. The second-order valence-corrected chi connectivity index (χ2v) is 24.2. The molecule has 0 amide bonds. The highest BCUT2D eigenvalue weighted by Gasteiger charge is 2.49. The molecule has 0 atom stereocenters. The largest absolute Gasteiger partial charge is 0.458 e. The van der Waals surface area contributed by atoms with Crippen LogP contribution < -0.4 is 77.5 Å². The molecular formula is C66H37B3F2N4O3S2. The number of halogens is 2. The fourth-order valence-corrected chi connectivity index (χ4v) is 16.9. The van der Waals surface area contributed by atoms with Crippen LogP contribution in [0, 0.1) is 25.5 Å². The molecule has 80 heavy (non-hydrogen) atoms. The maximum atomic E-state index is 16.8. The quantitative estimate of drug-likeness (QED) is 0.168. The first-order valence-electron chi connectivity index (χ1n) is 26.9. The topological polar surface area (TPSA) is 59.9 Å². The average Bonchev–Trinajstić information content (AvgIpc) is 4.27. The Hall–Kier alpha value is -9.23. The highest BCUT2D eigenvalue weighted by molar-refractivity contribution is 7.34. The van der Waals surface area contributed by atoms with Gasteiger partial charge in [-0.3, -0.25) is 0 Å². The van der Waals surface area contributed by atoms with Gasteiger partial charge >= 0.3 is 0 Å². The molecule has 9 heterocycles. The lowest BCUT2D eigenvalue weighted by Gasteiger charge is -2.42. The summed E-state index contributed by atoms with van der Waals surface area (Å²) in [6, 6.07) is 60.1. The third-order valence-electron chi connectivity index (χ3n) is 17.5. The number of anilines is 7. The van der Waals surface area contributed by atoms with Crippen molar-refractivity contribution in [2.24, 2.45) is 0 Å². The second-order valence-electron chi connectivity index (χ2n) is 22.0. The third-order valence-corrected chi connectivity index (χ3v) is 19.9. The number of para-hydroxylation sites is 3. The Morgan fingerprint density at radius 2 is 0.963 bits per heavy atom. The summed E-state index contributed by atoms with van der Waals surface area (Å²) in [7, 11) is 0. The smallest absolute Gasteiger partial charge is 0.268 e. The van der Waals surface area contributed by atoms with Gasteiger partial charge in [0, 0.05) is 86.8 Å². The van der Waals surface area contributed by atoms with Crippen molar-refractivity contribution in [3.8, 4) is 40.2 Å². The van der Waals surface area contributed by atoms with Gasteiger partial charge in [-0.2, -0.15) is 0 Å². The molecule has 2 N–H and O–H groups in total. The Bertz CT molecular complexity index is 5000. The molecule has 0 aliphatic carbocycles. The van der Waals surface area contributed by atoms with Crippen LogP contribution in [0.2, 0.25) is 0 Å². The van der Waals surface area contributed by atoms with E-state index < -0.39 is 11.6 Å². The van der Waals surface area contributed by atoms with Crippen molar-refractivity contribution in [3.05, 3.63) is 199 Å². The molecule has 13 aromatic rings. The van der Waals surface area contributed by atoms with E-state index in [4.69, 9.17) is 14.2 Å². The summed E-state index contributed by atoms with van der Waals surface area (Å²) in [4.78, 5) is 1.80. The number of thiophene rings is 2. The summed E-state index contributed by atoms with van der Waals surface area (Å²) >= 11 is 3.51. The molecule has 374 valence electrons. The van der Waals surface area contributed by atoms with Crippen LogP contribution >= 0.6 is 22.7 Å². The van der Waals surface area contributed by atoms with Gasteiger partial charge in [-0.05, 0) is 148 Å². The summed E-state index contributed by atoms with van der Waals surface area (Å²) in [5.41, 5.74) is 17.2. The van der Waals surface area contributed by atoms with Crippen molar-refractivity contribution in [2.75, 3.05) is 15.5 Å². The van der Waals surface area contributed by atoms with Crippen molar-refractivity contribution in [1.29, 1.82) is 0 Å². The monoisotopic (exact) mass is 1070 g/mol. The van der Waals surface area contributed by atoms with Crippen LogP contribution in [0.3, 0.4) is 0 Å². The Morgan fingerprint density at radius 1 is 0.425 bits per heavy atom. The Kier molecular flexibility index (Phi) is 8.37. The summed E-state index contributed by atoms with van der Waals surface area (Å²) < 4.78 is 61.8. The predicted molar refractivity (Wildman–Crippen MR) is 329 cm³/mol. The predicted octanol–water partition coefficient (Wildman–Crippen LogP) is 11.9. The molecule has 0 bridgehead atoms. The lowest BCUT2D eigenvalue weighted by molar-refractivity contribution is 0.488. The number of ether oxygens (including phenoxy) is 3. The normalized spacial score (nSPS) is 14.2. The van der Waals surface area contributed by atoms with E-state index in [9.17, 15) is 0 Å². The minimum Gasteiger partial charge on any atom is -0.458 e. The zero-order valence-electron chi connectivity index (χ0n) is 42.7. The van der Waals surface area contributed by atoms with E-state index in [1.165, 1.54) is 27.7 Å². The number of benzene rings is 10. The molecule has 0 unspecified atom stereocenters. The number of fused-ring (bicyclic) bond motifs is 19. The molecule has 0 spiro atoms. The number of aryl methyl sites for hydroxylation is 2. The highest BCUT2D eigenvalue weighted by Crippen LogP contribution is 2.48. The molecule has 19 rings (SSSR count). The first kappa shape index (κ1) is 43.7. The van der Waals surface area contributed by atoms with E-state index in [1.54, 1.807) is 27.6 Å². The van der Waals surface area contributed by atoms with Crippen LogP contribution in [0.25, 0.3) is 47.7 Å². The third kappa shape index (κ3) is 5.64. The van der Waals surface area contributed by atoms with E-state index in [0.717, 1.165) is 149 Å². The van der Waals surface area contributed by atoms with Crippen LogP contribution in [0.1, 0.15) is 11.1 Å². The molecule has 0 fully saturated rings. The zero-order chi connectivity index (χ0) is 52.5. The van der Waals surface area contributed by atoms with Crippen LogP contribution in [0.4, 0.5) is 48.6 Å². The van der Waals surface area contributed by atoms with Crippen molar-refractivity contribution >= 4 is 172 Å². The highest BCUT2D eigenvalue weighted by atomic mass is 32.1. The van der Waals surface area contributed by atoms with Gasteiger partial charge in [-0.25, -0.2) is 8.78 Å². The zero-order valence-corrected chi connectivity index (χ0v) is 44.3. The van der Waals surface area contributed by atoms with Gasteiger partial charge in [0.15, 0.2) is 0 Å². The first-order valence-corrected chi connectivity index (χ1v) is 28.6. The molecule has 3 aromatic heterocycles. The van der Waals surface area contributed by atoms with E-state index in [2.05, 4.69) is 174 Å². The fourth-order valence-electron chi connectivity index (χ4n) is 14.4. The van der Waals surface area contributed by atoms with Crippen molar-refractivity contribution in [3.63, 3.8) is 0 Å². The molecule has 6 aliphatic rings. The molecule has 7 nitrogen and oxygen atoms in total. The summed E-state index contributed by atoms with van der Waals surface area (Å²) in [5, 5.41) is 12.3. The number of rotatable bonds is 2. The summed E-state index contributed by atoms with van der Waals surface area (Å²) in [6.45, 7) is 3.34. The van der Waals surface area contributed by atoms with Crippen LogP contribution in [0.15, 0.2) is 176 Å². The Balaban J connectivity index is 0.901. The number of nitrogens with one attached hydrogen (secondary N) is 2. The van der Waals surface area contributed by atoms with Gasteiger partial charge in [-0.15, -0.1) is 22.7 Å². The number of hydrogen-bond donors (Lipinski definition) is 2. The first-order chi connectivity index (χ1) is 39.3. The van der Waals surface area contributed by atoms with E-state index >= 15 is 8.78 Å². The molecule has 6 aliphatic heterocycles. The minimum absolute atomic E-state index is 0.122. The van der Waals surface area contributed by atoms with Gasteiger partial charge in [0.2, 0.25) is 0 Å². The molecular weight excluding hydrogens is 1030 g/mol. The van der Waals surface area contributed by atoms with E-state index in [-0.39, 0.29) is 25.8 Å². The number of aromatic nitrogens is 1. The Labute approximate surface area is 465 Å². The van der Waals surface area contributed by atoms with Gasteiger partial charge < -0.3 is 34.3 Å². The summed E-state index contributed by atoms with van der Waals surface area (Å²) in [5.74, 6) is 3.44. The standard InChI is InChI=1S/C66H37B3F2N4O3S2/c1-32-22-47-60-54(24-32)77-63-37-14-5-9-20-57(37)79-65(63)68(60)40-29-42-53(31-46(40)73-47)76-56-27-34(74-49-18-7-3-12-35(49)36-13-4-8-19-50(36)74)26-48-59(56)67(42)39-28-41-51(30-45(39)72-48)75(62-43(70)16-11-17-44(62)71)52-23-33(2)25-55-61(52)69(41)66-64(78-55)38-15-6-10-21-58(38)80-66/h3-31,72-73H,1-2H3. The average molecular weight is 1070 g/mol. The molecule has 0 radical (unpaired) electrons. The van der Waals surface area contributed by atoms with E-state index in [1.807, 2.05) is 13.0 Å². The maximum absolute atomic E-state index is 16.8. The van der Waals surface area contributed by atoms with Crippen molar-refractivity contribution in [1.82, 2.24) is 4.57 Å². The molecule has 0 saturated heterocycles. The molecule has 10 aromatic carbocycles. The maximum Gasteiger partial charge on any atom is 0.268 e. The Morgan fingerprint density at radius 3 is 1.65 bits per heavy atom. The molecule has 0 saturated carbocycles. The van der Waals surface area contributed by atoms with Crippen LogP contribution in [-0.2, 0) is 0 Å². The lowest BCUT2D eigenvalue weighted by Crippen LogP contribution is -2.64. The van der Waals surface area contributed by atoms with Crippen LogP contribution in [0.5, 0.6) is 34.5 Å². The number of nitrogens with zero attached hydrogens (tertiary/aromatic N) is 2. The van der Waals surface area contributed by atoms with Crippen molar-refractivity contribution in [2.45, 2.75) is 13.8 Å². The van der Waals surface area contributed by atoms with Crippen molar-refractivity contribution < 1.29 is 23.0 Å². The van der Waals surface area contributed by atoms with Gasteiger partial charge in [0.1, 0.15) is 51.8 Å². The minimum atomic E-state index is -0.660. The van der Waals surface area contributed by atoms with Gasteiger partial charge in [-0.1, -0.05) is 78.9 Å². The fraction of sp³-hybridized carbons (Fsp3) is 0.0303. The SMILES string of the molecule is Cc1cc2c3c(c1)Oc1c(sc4ccccc14)B3c1cc3c(cc1N2)Oc1cc(-n2c4ccccc4c4ccccc42)cc2c1B3c1cc3c(cc1N2)N(c1c(F)cccc1F)c1cc(C)cc2c1B3c1sc3ccccc3c1O2. The van der Waals surface area contributed by atoms with Gasteiger partial charge in [0.05, 0.1) is 16.7 Å².